The van der Waals surface area contributed by atoms with Gasteiger partial charge in [-0.15, -0.1) is 0 Å². The zero-order valence-electron chi connectivity index (χ0n) is 16.8. The Morgan fingerprint density at radius 2 is 1.93 bits per heavy atom. The Bertz CT molecular complexity index is 803. The van der Waals surface area contributed by atoms with E-state index in [1.54, 1.807) is 7.05 Å². The molecule has 0 saturated carbocycles. The van der Waals surface area contributed by atoms with Crippen LogP contribution in [-0.2, 0) is 12.8 Å². The van der Waals surface area contributed by atoms with Crippen molar-refractivity contribution in [2.75, 3.05) is 33.7 Å². The van der Waals surface area contributed by atoms with Crippen LogP contribution in [0, 0.1) is 5.92 Å². The third kappa shape index (κ3) is 5.35. The molecule has 0 spiro atoms. The van der Waals surface area contributed by atoms with Crippen LogP contribution in [-0.4, -0.2) is 50.5 Å². The fourth-order valence-electron chi connectivity index (χ4n) is 3.80. The van der Waals surface area contributed by atoms with Crippen LogP contribution in [0.4, 0.5) is 0 Å². The molecule has 1 heterocycles. The summed E-state index contributed by atoms with van der Waals surface area (Å²) in [4.78, 5) is 18.6. The van der Waals surface area contributed by atoms with Crippen LogP contribution in [0.25, 0.3) is 0 Å². The minimum absolute atomic E-state index is 0.0489. The summed E-state index contributed by atoms with van der Waals surface area (Å²) in [6.07, 6.45) is 3.18. The number of hydrogen-bond acceptors (Lipinski definition) is 2. The molecule has 5 nitrogen and oxygen atoms in total. The number of carbonyl (C=O) groups excluding carboxylic acids is 1. The van der Waals surface area contributed by atoms with Crippen molar-refractivity contribution < 1.29 is 4.79 Å². The lowest BCUT2D eigenvalue weighted by atomic mass is 9.99. The molecule has 1 saturated heterocycles. The molecule has 1 amide bonds. The Hall–Kier alpha value is -2.82. The molecule has 1 atom stereocenters. The highest BCUT2D eigenvalue weighted by atomic mass is 16.1. The van der Waals surface area contributed by atoms with Gasteiger partial charge < -0.3 is 15.5 Å². The molecule has 1 aliphatic heterocycles. The second-order valence-electron chi connectivity index (χ2n) is 7.29. The Kier molecular flexibility index (Phi) is 7.06. The van der Waals surface area contributed by atoms with Crippen LogP contribution in [0.3, 0.4) is 0 Å². The van der Waals surface area contributed by atoms with Gasteiger partial charge in [-0.3, -0.25) is 9.79 Å². The van der Waals surface area contributed by atoms with Crippen molar-refractivity contribution in [2.24, 2.45) is 10.9 Å². The molecule has 1 aliphatic rings. The smallest absolute Gasteiger partial charge is 0.251 e. The van der Waals surface area contributed by atoms with Gasteiger partial charge in [0.05, 0.1) is 0 Å². The maximum Gasteiger partial charge on any atom is 0.251 e. The number of aliphatic imine (C=N–C) groups is 1. The number of amides is 1. The van der Waals surface area contributed by atoms with Gasteiger partial charge in [0.15, 0.2) is 5.96 Å². The van der Waals surface area contributed by atoms with Crippen LogP contribution in [0.2, 0.25) is 0 Å². The first-order valence-corrected chi connectivity index (χ1v) is 10.00. The molecule has 0 aromatic heterocycles. The highest BCUT2D eigenvalue weighted by Gasteiger charge is 2.24. The number of benzene rings is 2. The van der Waals surface area contributed by atoms with Gasteiger partial charge in [0.1, 0.15) is 0 Å². The average molecular weight is 379 g/mol. The summed E-state index contributed by atoms with van der Waals surface area (Å²) in [5.74, 6) is 1.59. The largest absolute Gasteiger partial charge is 0.356 e. The van der Waals surface area contributed by atoms with E-state index in [2.05, 4.69) is 56.9 Å². The van der Waals surface area contributed by atoms with E-state index in [1.807, 2.05) is 25.2 Å². The average Bonchev–Trinajstić information content (AvgIpc) is 3.19. The molecule has 0 bridgehead atoms. The van der Waals surface area contributed by atoms with E-state index >= 15 is 0 Å². The van der Waals surface area contributed by atoms with Gasteiger partial charge in [-0.2, -0.15) is 0 Å². The Labute approximate surface area is 167 Å². The minimum atomic E-state index is -0.0489. The van der Waals surface area contributed by atoms with Crippen molar-refractivity contribution in [1.29, 1.82) is 0 Å². The molecular formula is C23H30N4O. The predicted molar refractivity (Wildman–Crippen MR) is 115 cm³/mol. The van der Waals surface area contributed by atoms with Gasteiger partial charge in [-0.25, -0.2) is 0 Å². The quantitative estimate of drug-likeness (QED) is 0.600. The molecule has 0 radical (unpaired) electrons. The van der Waals surface area contributed by atoms with Crippen molar-refractivity contribution in [3.8, 4) is 0 Å². The summed E-state index contributed by atoms with van der Waals surface area (Å²) in [5.41, 5.74) is 3.26. The van der Waals surface area contributed by atoms with Crippen molar-refractivity contribution in [2.45, 2.75) is 19.3 Å². The number of rotatable bonds is 6. The van der Waals surface area contributed by atoms with Crippen LogP contribution in [0.15, 0.2) is 59.6 Å². The normalized spacial score (nSPS) is 16.9. The summed E-state index contributed by atoms with van der Waals surface area (Å²) in [7, 11) is 3.50. The van der Waals surface area contributed by atoms with E-state index in [0.717, 1.165) is 44.0 Å². The lowest BCUT2D eigenvalue weighted by Crippen LogP contribution is -2.41. The topological polar surface area (TPSA) is 56.7 Å². The summed E-state index contributed by atoms with van der Waals surface area (Å²) in [6, 6.07) is 18.5. The fourth-order valence-corrected chi connectivity index (χ4v) is 3.80. The van der Waals surface area contributed by atoms with Crippen LogP contribution in [0.5, 0.6) is 0 Å². The van der Waals surface area contributed by atoms with Crippen LogP contribution in [0.1, 0.15) is 27.9 Å². The molecule has 1 fully saturated rings. The highest BCUT2D eigenvalue weighted by Crippen LogP contribution is 2.20. The van der Waals surface area contributed by atoms with E-state index in [1.165, 1.54) is 12.0 Å². The van der Waals surface area contributed by atoms with Gasteiger partial charge >= 0.3 is 0 Å². The van der Waals surface area contributed by atoms with Gasteiger partial charge in [0.25, 0.3) is 5.91 Å². The second-order valence-corrected chi connectivity index (χ2v) is 7.29. The van der Waals surface area contributed by atoms with E-state index in [0.29, 0.717) is 11.5 Å². The molecule has 2 N–H and O–H groups in total. The van der Waals surface area contributed by atoms with E-state index in [-0.39, 0.29) is 5.91 Å². The maximum absolute atomic E-state index is 11.8. The first kappa shape index (κ1) is 19.9. The van der Waals surface area contributed by atoms with Gasteiger partial charge in [-0.05, 0) is 48.4 Å². The van der Waals surface area contributed by atoms with Gasteiger partial charge in [0.2, 0.25) is 0 Å². The third-order valence-electron chi connectivity index (χ3n) is 5.28. The second kappa shape index (κ2) is 9.93. The van der Waals surface area contributed by atoms with Crippen molar-refractivity contribution >= 4 is 11.9 Å². The standard InChI is InChI=1S/C23H30N4O/c1-24-22(28)21-10-6-9-19(16-21)11-13-26-23(25-2)27-14-12-20(17-27)15-18-7-4-3-5-8-18/h3-10,16,20H,11-15,17H2,1-2H3,(H,24,28)(H,25,26). The van der Waals surface area contributed by atoms with Crippen molar-refractivity contribution in [3.05, 3.63) is 71.3 Å². The molecule has 2 aromatic carbocycles. The number of carbonyl (C=O) groups is 1. The number of nitrogens with one attached hydrogen (secondary N) is 2. The first-order valence-electron chi connectivity index (χ1n) is 10.00. The highest BCUT2D eigenvalue weighted by molar-refractivity contribution is 5.94. The molecule has 28 heavy (non-hydrogen) atoms. The Morgan fingerprint density at radius 1 is 1.14 bits per heavy atom. The maximum atomic E-state index is 11.8. The SMILES string of the molecule is CN=C(NCCc1cccc(C(=O)NC)c1)N1CCC(Cc2ccccc2)C1. The number of likely N-dealkylation sites (tertiary alicyclic amines) is 1. The first-order chi connectivity index (χ1) is 13.7. The lowest BCUT2D eigenvalue weighted by Gasteiger charge is -2.22. The summed E-state index contributed by atoms with van der Waals surface area (Å²) in [5, 5.41) is 6.15. The monoisotopic (exact) mass is 378 g/mol. The zero-order valence-corrected chi connectivity index (χ0v) is 16.8. The minimum Gasteiger partial charge on any atom is -0.356 e. The van der Waals surface area contributed by atoms with Crippen LogP contribution < -0.4 is 10.6 Å². The van der Waals surface area contributed by atoms with E-state index in [4.69, 9.17) is 0 Å². The third-order valence-corrected chi connectivity index (χ3v) is 5.28. The molecule has 2 aromatic rings. The van der Waals surface area contributed by atoms with Gasteiger partial charge in [-0.1, -0.05) is 42.5 Å². The number of guanidine groups is 1. The zero-order chi connectivity index (χ0) is 19.8. The van der Waals surface area contributed by atoms with Crippen LogP contribution >= 0.6 is 0 Å². The molecule has 148 valence electrons. The Morgan fingerprint density at radius 3 is 2.68 bits per heavy atom. The number of nitrogens with zero attached hydrogens (tertiary/aromatic N) is 2. The fraction of sp³-hybridized carbons (Fsp3) is 0.391. The number of hydrogen-bond donors (Lipinski definition) is 2. The van der Waals surface area contributed by atoms with E-state index < -0.39 is 0 Å². The Balaban J connectivity index is 1.48. The molecule has 0 aliphatic carbocycles. The summed E-state index contributed by atoms with van der Waals surface area (Å²) in [6.45, 7) is 2.88. The molecule has 5 heteroatoms. The van der Waals surface area contributed by atoms with Crippen molar-refractivity contribution in [3.63, 3.8) is 0 Å². The molecule has 1 unspecified atom stereocenters. The van der Waals surface area contributed by atoms with Crippen molar-refractivity contribution in [1.82, 2.24) is 15.5 Å². The molecule has 3 rings (SSSR count). The lowest BCUT2D eigenvalue weighted by molar-refractivity contribution is 0.0963. The summed E-state index contributed by atoms with van der Waals surface area (Å²) < 4.78 is 0. The summed E-state index contributed by atoms with van der Waals surface area (Å²) >= 11 is 0. The predicted octanol–water partition coefficient (Wildman–Crippen LogP) is 2.73. The van der Waals surface area contributed by atoms with E-state index in [9.17, 15) is 4.79 Å². The van der Waals surface area contributed by atoms with Gasteiger partial charge in [0, 0.05) is 39.3 Å². The molecular weight excluding hydrogens is 348 g/mol.